The minimum absolute atomic E-state index is 0.133. The van der Waals surface area contributed by atoms with E-state index in [4.69, 9.17) is 4.74 Å². The summed E-state index contributed by atoms with van der Waals surface area (Å²) in [6, 6.07) is 67.7. The van der Waals surface area contributed by atoms with Gasteiger partial charge in [0.15, 0.2) is 0 Å². The average Bonchev–Trinajstić information content (AvgIpc) is 3.34. The van der Waals surface area contributed by atoms with E-state index >= 15 is 0 Å². The molecule has 0 amide bonds. The van der Waals surface area contributed by atoms with E-state index in [-0.39, 0.29) is 5.41 Å². The van der Waals surface area contributed by atoms with Crippen molar-refractivity contribution in [3.63, 3.8) is 0 Å². The highest BCUT2D eigenvalue weighted by molar-refractivity contribution is 6.00. The zero-order chi connectivity index (χ0) is 35.5. The third-order valence-corrected chi connectivity index (χ3v) is 11.1. The monoisotopic (exact) mass is 679 g/mol. The van der Waals surface area contributed by atoms with Gasteiger partial charge in [0.25, 0.3) is 0 Å². The van der Waals surface area contributed by atoms with Gasteiger partial charge in [-0.05, 0) is 104 Å². The normalized spacial score (nSPS) is 13.0. The number of fused-ring (bicyclic) bond motifs is 8. The van der Waals surface area contributed by atoms with Crippen LogP contribution >= 0.6 is 0 Å². The smallest absolute Gasteiger partial charge is 0.137 e. The highest BCUT2D eigenvalue weighted by Gasteiger charge is 2.36. The van der Waals surface area contributed by atoms with Crippen molar-refractivity contribution in [3.05, 3.63) is 199 Å². The zero-order valence-electron chi connectivity index (χ0n) is 29.8. The molecule has 2 nitrogen and oxygen atoms in total. The molecule has 0 aromatic heterocycles. The Morgan fingerprint density at radius 1 is 0.377 bits per heavy atom. The minimum atomic E-state index is -0.133. The second kappa shape index (κ2) is 12.3. The van der Waals surface area contributed by atoms with Gasteiger partial charge in [-0.3, -0.25) is 0 Å². The summed E-state index contributed by atoms with van der Waals surface area (Å²) in [6.07, 6.45) is 0. The lowest BCUT2D eigenvalue weighted by Gasteiger charge is -2.30. The molecule has 0 spiro atoms. The van der Waals surface area contributed by atoms with Crippen molar-refractivity contribution in [2.24, 2.45) is 0 Å². The average molecular weight is 680 g/mol. The van der Waals surface area contributed by atoms with Gasteiger partial charge in [-0.2, -0.15) is 0 Å². The predicted molar refractivity (Wildman–Crippen MR) is 221 cm³/mol. The molecule has 0 radical (unpaired) electrons. The highest BCUT2D eigenvalue weighted by Crippen LogP contribution is 2.55. The van der Waals surface area contributed by atoms with Crippen LogP contribution in [-0.2, 0) is 5.41 Å². The van der Waals surface area contributed by atoms with E-state index in [1.807, 2.05) is 0 Å². The number of benzene rings is 8. The molecule has 0 unspecified atom stereocenters. The van der Waals surface area contributed by atoms with E-state index in [0.717, 1.165) is 61.9 Å². The Bertz CT molecular complexity index is 2660. The van der Waals surface area contributed by atoms with Gasteiger partial charge >= 0.3 is 0 Å². The van der Waals surface area contributed by atoms with Gasteiger partial charge in [-0.25, -0.2) is 0 Å². The fourth-order valence-electron chi connectivity index (χ4n) is 8.45. The van der Waals surface area contributed by atoms with E-state index in [2.05, 4.69) is 207 Å². The molecule has 1 aliphatic heterocycles. The lowest BCUT2D eigenvalue weighted by Crippen LogP contribution is -2.17. The minimum Gasteiger partial charge on any atom is -0.456 e. The summed E-state index contributed by atoms with van der Waals surface area (Å²) in [6.45, 7) is 4.69. The molecule has 1 heterocycles. The Morgan fingerprint density at radius 2 is 0.943 bits per heavy atom. The lowest BCUT2D eigenvalue weighted by molar-refractivity contribution is 0.488. The van der Waals surface area contributed by atoms with Crippen molar-refractivity contribution < 1.29 is 4.74 Å². The van der Waals surface area contributed by atoms with Crippen LogP contribution in [0, 0.1) is 0 Å². The van der Waals surface area contributed by atoms with Crippen molar-refractivity contribution in [2.75, 3.05) is 4.90 Å². The first-order chi connectivity index (χ1) is 26.0. The first-order valence-corrected chi connectivity index (χ1v) is 18.3. The highest BCUT2D eigenvalue weighted by atomic mass is 16.5. The first-order valence-electron chi connectivity index (χ1n) is 18.3. The second-order valence-electron chi connectivity index (χ2n) is 14.5. The van der Waals surface area contributed by atoms with Crippen LogP contribution in [0.15, 0.2) is 188 Å². The van der Waals surface area contributed by atoms with Crippen molar-refractivity contribution in [3.8, 4) is 67.1 Å². The van der Waals surface area contributed by atoms with E-state index in [1.54, 1.807) is 0 Å². The molecule has 0 atom stereocenters. The van der Waals surface area contributed by atoms with Crippen molar-refractivity contribution in [1.82, 2.24) is 0 Å². The maximum absolute atomic E-state index is 7.01. The van der Waals surface area contributed by atoms with Gasteiger partial charge in [0.1, 0.15) is 11.5 Å². The van der Waals surface area contributed by atoms with Gasteiger partial charge in [0, 0.05) is 27.9 Å². The van der Waals surface area contributed by atoms with Crippen molar-refractivity contribution in [2.45, 2.75) is 19.3 Å². The van der Waals surface area contributed by atoms with Gasteiger partial charge < -0.3 is 9.64 Å². The number of ether oxygens (including phenoxy) is 1. The van der Waals surface area contributed by atoms with Gasteiger partial charge in [0.05, 0.1) is 5.69 Å². The summed E-state index contributed by atoms with van der Waals surface area (Å²) >= 11 is 0. The number of nitrogens with zero attached hydrogens (tertiary/aromatic N) is 1. The Balaban J connectivity index is 1.18. The first kappa shape index (κ1) is 31.1. The Hall–Kier alpha value is -6.64. The topological polar surface area (TPSA) is 12.5 Å². The molecule has 1 aliphatic carbocycles. The number of hydrogen-bond donors (Lipinski definition) is 0. The molecule has 2 heteroatoms. The number of rotatable bonds is 5. The SMILES string of the molecule is CC1(C)c2ccccc2-c2ccc(N(c3ccc(-c4ccccc4)cc3)c3cccc4c3-c3ccccc3-c3ccc(-c5ccccc5)cc3O4)cc21. The molecule has 0 fully saturated rings. The van der Waals surface area contributed by atoms with Crippen LogP contribution in [0.25, 0.3) is 55.6 Å². The van der Waals surface area contributed by atoms with Crippen molar-refractivity contribution >= 4 is 17.1 Å². The van der Waals surface area contributed by atoms with Gasteiger partial charge in [-0.1, -0.05) is 153 Å². The third kappa shape index (κ3) is 5.10. The fraction of sp³-hybridized carbons (Fsp3) is 0.0588. The summed E-state index contributed by atoms with van der Waals surface area (Å²) in [7, 11) is 0. The zero-order valence-corrected chi connectivity index (χ0v) is 29.8. The molecular weight excluding hydrogens is 643 g/mol. The second-order valence-corrected chi connectivity index (χ2v) is 14.5. The summed E-state index contributed by atoms with van der Waals surface area (Å²) < 4.78 is 7.01. The van der Waals surface area contributed by atoms with Crippen molar-refractivity contribution in [1.29, 1.82) is 0 Å². The Labute approximate surface area is 311 Å². The van der Waals surface area contributed by atoms with Crippen LogP contribution in [0.5, 0.6) is 11.5 Å². The standard InChI is InChI=1S/C51H37NO/c1-51(2)45-21-12-11-19-41(45)42-31-29-39(33-46(42)51)52(38-27-24-36(25-28-38)34-14-5-3-6-15-34)47-22-13-23-48-50(47)44-20-10-9-18-40(44)43-30-26-37(32-49(43)53-48)35-16-7-4-8-17-35/h3-33H,1-2H3. The molecule has 8 aromatic carbocycles. The van der Waals surface area contributed by atoms with E-state index in [9.17, 15) is 0 Å². The maximum atomic E-state index is 7.01. The molecule has 53 heavy (non-hydrogen) atoms. The molecule has 8 aromatic rings. The molecule has 2 aliphatic rings. The predicted octanol–water partition coefficient (Wildman–Crippen LogP) is 14.2. The summed E-state index contributed by atoms with van der Waals surface area (Å²) in [5, 5.41) is 0. The number of anilines is 3. The van der Waals surface area contributed by atoms with Crippen LogP contribution in [0.3, 0.4) is 0 Å². The van der Waals surface area contributed by atoms with Crippen LogP contribution in [-0.4, -0.2) is 0 Å². The number of hydrogen-bond acceptors (Lipinski definition) is 2. The van der Waals surface area contributed by atoms with Gasteiger partial charge in [-0.15, -0.1) is 0 Å². The van der Waals surface area contributed by atoms with Crippen LogP contribution in [0.1, 0.15) is 25.0 Å². The molecule has 10 rings (SSSR count). The largest absolute Gasteiger partial charge is 0.456 e. The Kier molecular flexibility index (Phi) is 7.19. The van der Waals surface area contributed by atoms with E-state index < -0.39 is 0 Å². The summed E-state index contributed by atoms with van der Waals surface area (Å²) in [5.41, 5.74) is 17.6. The lowest BCUT2D eigenvalue weighted by atomic mass is 9.82. The van der Waals surface area contributed by atoms with Crippen LogP contribution in [0.4, 0.5) is 17.1 Å². The van der Waals surface area contributed by atoms with E-state index in [0.29, 0.717) is 0 Å². The molecule has 0 N–H and O–H groups in total. The van der Waals surface area contributed by atoms with Gasteiger partial charge in [0.2, 0.25) is 0 Å². The van der Waals surface area contributed by atoms with Crippen LogP contribution < -0.4 is 9.64 Å². The third-order valence-electron chi connectivity index (χ3n) is 11.1. The quantitative estimate of drug-likeness (QED) is 0.180. The molecule has 0 bridgehead atoms. The van der Waals surface area contributed by atoms with Crippen LogP contribution in [0.2, 0.25) is 0 Å². The fourth-order valence-corrected chi connectivity index (χ4v) is 8.45. The Morgan fingerprint density at radius 3 is 1.70 bits per heavy atom. The summed E-state index contributed by atoms with van der Waals surface area (Å²) in [5.74, 6) is 1.68. The molecule has 0 saturated carbocycles. The van der Waals surface area contributed by atoms with E-state index in [1.165, 1.54) is 33.4 Å². The molecular formula is C51H37NO. The summed E-state index contributed by atoms with van der Waals surface area (Å²) in [4.78, 5) is 2.42. The molecule has 0 saturated heterocycles. The maximum Gasteiger partial charge on any atom is 0.137 e. The molecule has 252 valence electrons.